The van der Waals surface area contributed by atoms with E-state index in [0.29, 0.717) is 5.95 Å². The van der Waals surface area contributed by atoms with Crippen LogP contribution >= 0.6 is 0 Å². The van der Waals surface area contributed by atoms with Gasteiger partial charge in [0.2, 0.25) is 5.95 Å². The van der Waals surface area contributed by atoms with E-state index in [4.69, 9.17) is 0 Å². The van der Waals surface area contributed by atoms with E-state index in [2.05, 4.69) is 62.1 Å². The first-order chi connectivity index (χ1) is 9.13. The summed E-state index contributed by atoms with van der Waals surface area (Å²) in [7, 11) is 0. The Kier molecular flexibility index (Phi) is 5.37. The van der Waals surface area contributed by atoms with Crippen molar-refractivity contribution in [1.82, 2.24) is 9.97 Å². The van der Waals surface area contributed by atoms with E-state index in [0.717, 1.165) is 30.8 Å². The largest absolute Gasteiger partial charge is 0.365 e. The molecule has 0 atom stereocenters. The van der Waals surface area contributed by atoms with Crippen LogP contribution in [0.15, 0.2) is 6.20 Å². The van der Waals surface area contributed by atoms with Crippen molar-refractivity contribution in [2.75, 3.05) is 17.2 Å². The summed E-state index contributed by atoms with van der Waals surface area (Å²) < 4.78 is 0. The number of hydrogen-bond acceptors (Lipinski definition) is 4. The Morgan fingerprint density at radius 3 is 2.35 bits per heavy atom. The molecule has 0 radical (unpaired) electrons. The number of rotatable bonds is 6. The molecule has 0 bridgehead atoms. The average molecular weight is 278 g/mol. The molecular formula is C16H30N4. The van der Waals surface area contributed by atoms with Gasteiger partial charge in [-0.1, -0.05) is 27.7 Å². The molecule has 0 saturated carbocycles. The number of nitrogens with one attached hydrogen (secondary N) is 2. The van der Waals surface area contributed by atoms with Gasteiger partial charge in [-0.2, -0.15) is 4.98 Å². The van der Waals surface area contributed by atoms with Crippen LogP contribution in [-0.2, 0) is 0 Å². The molecule has 0 amide bonds. The van der Waals surface area contributed by atoms with Crippen LogP contribution in [0.4, 0.5) is 11.8 Å². The van der Waals surface area contributed by atoms with Crippen LogP contribution in [0.5, 0.6) is 0 Å². The Bertz CT molecular complexity index is 433. The van der Waals surface area contributed by atoms with E-state index in [1.165, 1.54) is 0 Å². The van der Waals surface area contributed by atoms with Crippen LogP contribution in [0.2, 0.25) is 0 Å². The lowest BCUT2D eigenvalue weighted by molar-refractivity contribution is 0.302. The molecule has 1 aromatic heterocycles. The molecular weight excluding hydrogens is 248 g/mol. The maximum absolute atomic E-state index is 4.59. The molecule has 2 N–H and O–H groups in total. The number of nitrogens with zero attached hydrogens (tertiary/aromatic N) is 2. The molecule has 1 aromatic rings. The second-order valence-electron chi connectivity index (χ2n) is 7.40. The van der Waals surface area contributed by atoms with Crippen molar-refractivity contribution >= 4 is 11.8 Å². The molecule has 114 valence electrons. The van der Waals surface area contributed by atoms with Gasteiger partial charge < -0.3 is 10.6 Å². The molecule has 1 rings (SSSR count). The normalized spacial score (nSPS) is 12.3. The summed E-state index contributed by atoms with van der Waals surface area (Å²) in [6, 6.07) is 0. The molecule has 0 aliphatic rings. The first-order valence-corrected chi connectivity index (χ1v) is 7.49. The summed E-state index contributed by atoms with van der Waals surface area (Å²) in [5, 5.41) is 6.80. The van der Waals surface area contributed by atoms with Gasteiger partial charge in [0.15, 0.2) is 0 Å². The van der Waals surface area contributed by atoms with Crippen molar-refractivity contribution in [2.24, 2.45) is 5.41 Å². The Morgan fingerprint density at radius 1 is 1.15 bits per heavy atom. The summed E-state index contributed by atoms with van der Waals surface area (Å²) in [6.07, 6.45) is 4.01. The monoisotopic (exact) mass is 278 g/mol. The fourth-order valence-electron chi connectivity index (χ4n) is 2.58. The lowest BCUT2D eigenvalue weighted by Gasteiger charge is -2.34. The van der Waals surface area contributed by atoms with Crippen molar-refractivity contribution in [1.29, 1.82) is 0 Å². The van der Waals surface area contributed by atoms with Crippen LogP contribution in [0.3, 0.4) is 0 Å². The summed E-state index contributed by atoms with van der Waals surface area (Å²) in [4.78, 5) is 8.91. The molecule has 0 aromatic carbocycles. The van der Waals surface area contributed by atoms with E-state index in [9.17, 15) is 0 Å². The lowest BCUT2D eigenvalue weighted by atomic mass is 9.82. The Balaban J connectivity index is 2.84. The second-order valence-corrected chi connectivity index (χ2v) is 7.40. The predicted octanol–water partition coefficient (Wildman–Crippen LogP) is 4.23. The van der Waals surface area contributed by atoms with Gasteiger partial charge >= 0.3 is 0 Å². The van der Waals surface area contributed by atoms with Crippen LogP contribution in [0.25, 0.3) is 0 Å². The fourth-order valence-corrected chi connectivity index (χ4v) is 2.58. The van der Waals surface area contributed by atoms with Crippen molar-refractivity contribution in [2.45, 2.75) is 66.8 Å². The maximum atomic E-state index is 4.59. The summed E-state index contributed by atoms with van der Waals surface area (Å²) in [6.45, 7) is 16.3. The maximum Gasteiger partial charge on any atom is 0.224 e. The van der Waals surface area contributed by atoms with Gasteiger partial charge in [0.05, 0.1) is 0 Å². The molecule has 1 heterocycles. The molecule has 0 saturated heterocycles. The Hall–Kier alpha value is -1.32. The van der Waals surface area contributed by atoms with Crippen molar-refractivity contribution in [3.8, 4) is 0 Å². The molecule has 0 unspecified atom stereocenters. The first kappa shape index (κ1) is 16.7. The summed E-state index contributed by atoms with van der Waals surface area (Å²) in [5.41, 5.74) is 1.36. The second kappa shape index (κ2) is 6.42. The SMILES string of the molecule is CCCNc1ncc(C)c(NC(C)(C)CC(C)(C)C)n1. The highest BCUT2D eigenvalue weighted by molar-refractivity contribution is 5.48. The zero-order valence-electron chi connectivity index (χ0n) is 14.1. The highest BCUT2D eigenvalue weighted by atomic mass is 15.2. The van der Waals surface area contributed by atoms with Gasteiger partial charge in [-0.15, -0.1) is 0 Å². The van der Waals surface area contributed by atoms with Gasteiger partial charge in [-0.05, 0) is 39.0 Å². The van der Waals surface area contributed by atoms with Gasteiger partial charge in [0, 0.05) is 23.8 Å². The van der Waals surface area contributed by atoms with E-state index in [1.54, 1.807) is 0 Å². The van der Waals surface area contributed by atoms with E-state index in [1.807, 2.05) is 13.1 Å². The fraction of sp³-hybridized carbons (Fsp3) is 0.750. The molecule has 4 nitrogen and oxygen atoms in total. The standard InChI is InChI=1S/C16H30N4/c1-8-9-17-14-18-10-12(2)13(19-14)20-16(6,7)11-15(3,4)5/h10H,8-9,11H2,1-7H3,(H2,17,18,19,20). The first-order valence-electron chi connectivity index (χ1n) is 7.49. The zero-order chi connectivity index (χ0) is 15.4. The van der Waals surface area contributed by atoms with Gasteiger partial charge in [0.1, 0.15) is 5.82 Å². The van der Waals surface area contributed by atoms with Crippen LogP contribution in [0.1, 0.15) is 59.9 Å². The van der Waals surface area contributed by atoms with Crippen molar-refractivity contribution in [3.05, 3.63) is 11.8 Å². The molecule has 20 heavy (non-hydrogen) atoms. The number of anilines is 2. The van der Waals surface area contributed by atoms with Crippen LogP contribution in [-0.4, -0.2) is 22.1 Å². The Labute approximate surface area is 123 Å². The topological polar surface area (TPSA) is 49.8 Å². The minimum atomic E-state index is -0.000606. The average Bonchev–Trinajstić information content (AvgIpc) is 2.26. The zero-order valence-corrected chi connectivity index (χ0v) is 14.1. The third-order valence-corrected chi connectivity index (χ3v) is 2.93. The van der Waals surface area contributed by atoms with Crippen molar-refractivity contribution in [3.63, 3.8) is 0 Å². The Morgan fingerprint density at radius 2 is 1.80 bits per heavy atom. The highest BCUT2D eigenvalue weighted by Gasteiger charge is 2.26. The van der Waals surface area contributed by atoms with Crippen molar-refractivity contribution < 1.29 is 0 Å². The number of aryl methyl sites for hydroxylation is 1. The minimum Gasteiger partial charge on any atom is -0.365 e. The molecule has 0 spiro atoms. The van der Waals surface area contributed by atoms with E-state index >= 15 is 0 Å². The van der Waals surface area contributed by atoms with Gasteiger partial charge in [-0.25, -0.2) is 4.98 Å². The number of hydrogen-bond donors (Lipinski definition) is 2. The minimum absolute atomic E-state index is 0.000606. The molecule has 0 aliphatic carbocycles. The van der Waals surface area contributed by atoms with E-state index < -0.39 is 0 Å². The third kappa shape index (κ3) is 5.76. The van der Waals surface area contributed by atoms with Gasteiger partial charge in [0.25, 0.3) is 0 Å². The van der Waals surface area contributed by atoms with Crippen LogP contribution in [0, 0.1) is 12.3 Å². The molecule has 0 aliphatic heterocycles. The third-order valence-electron chi connectivity index (χ3n) is 2.93. The highest BCUT2D eigenvalue weighted by Crippen LogP contribution is 2.30. The predicted molar refractivity (Wildman–Crippen MR) is 87.3 cm³/mol. The van der Waals surface area contributed by atoms with Gasteiger partial charge in [-0.3, -0.25) is 0 Å². The smallest absolute Gasteiger partial charge is 0.224 e. The molecule has 0 fully saturated rings. The quantitative estimate of drug-likeness (QED) is 0.817. The summed E-state index contributed by atoms with van der Waals surface area (Å²) >= 11 is 0. The number of aromatic nitrogens is 2. The molecule has 4 heteroatoms. The van der Waals surface area contributed by atoms with E-state index in [-0.39, 0.29) is 11.0 Å². The van der Waals surface area contributed by atoms with Crippen LogP contribution < -0.4 is 10.6 Å². The summed E-state index contributed by atoms with van der Waals surface area (Å²) in [5.74, 6) is 1.62. The lowest BCUT2D eigenvalue weighted by Crippen LogP contribution is -2.36.